The Morgan fingerprint density at radius 3 is 1.84 bits per heavy atom. The minimum Gasteiger partial charge on any atom is -0.462 e. The van der Waals surface area contributed by atoms with Gasteiger partial charge in [-0.3, -0.25) is 23.4 Å². The number of nitrogens with zero attached hydrogens (tertiary/aromatic N) is 1. The van der Waals surface area contributed by atoms with Gasteiger partial charge in [0.1, 0.15) is 25.5 Å². The van der Waals surface area contributed by atoms with Gasteiger partial charge in [0.05, 0.1) is 40.0 Å². The van der Waals surface area contributed by atoms with E-state index in [4.69, 9.17) is 18.5 Å². The molecule has 340 valence electrons. The number of phosphoric ester groups is 1. The number of esters is 2. The monoisotopic (exact) mass is 847 g/mol. The number of likely N-dealkylation sites (N-methyl/N-ethyl adjacent to an activating group) is 1. The molecule has 0 saturated heterocycles. The Morgan fingerprint density at radius 1 is 0.759 bits per heavy atom. The van der Waals surface area contributed by atoms with Gasteiger partial charge in [0.2, 0.25) is 0 Å². The summed E-state index contributed by atoms with van der Waals surface area (Å²) < 4.78 is 34.3. The summed E-state index contributed by atoms with van der Waals surface area (Å²) in [7, 11) is 1.35. The molecule has 13 heteroatoms. The van der Waals surface area contributed by atoms with Crippen LogP contribution in [0.25, 0.3) is 0 Å². The molecule has 1 aliphatic rings. The van der Waals surface area contributed by atoms with Crippen molar-refractivity contribution < 1.29 is 57.1 Å². The number of unbranched alkanes of at least 4 members (excludes halogenated alkanes) is 18. The van der Waals surface area contributed by atoms with E-state index in [1.165, 1.54) is 64.2 Å². The number of phosphoric acid groups is 1. The van der Waals surface area contributed by atoms with Gasteiger partial charge in [0, 0.05) is 25.2 Å². The van der Waals surface area contributed by atoms with Crippen molar-refractivity contribution in [1.82, 2.24) is 0 Å². The highest BCUT2D eigenvalue weighted by molar-refractivity contribution is 7.47. The lowest BCUT2D eigenvalue weighted by Crippen LogP contribution is -2.37. The van der Waals surface area contributed by atoms with Gasteiger partial charge in [-0.1, -0.05) is 148 Å². The largest absolute Gasteiger partial charge is 0.472 e. The second-order valence-corrected chi connectivity index (χ2v) is 19.0. The van der Waals surface area contributed by atoms with Crippen LogP contribution in [0.4, 0.5) is 0 Å². The number of carbonyl (C=O) groups is 3. The smallest absolute Gasteiger partial charge is 0.462 e. The number of quaternary nitrogens is 1. The third-order valence-corrected chi connectivity index (χ3v) is 11.9. The van der Waals surface area contributed by atoms with Crippen molar-refractivity contribution in [3.05, 3.63) is 12.2 Å². The van der Waals surface area contributed by atoms with Crippen LogP contribution in [0, 0.1) is 11.8 Å². The van der Waals surface area contributed by atoms with Crippen molar-refractivity contribution in [2.24, 2.45) is 11.8 Å². The molecule has 0 aromatic carbocycles. The first-order valence-corrected chi connectivity index (χ1v) is 24.5. The number of ether oxygens (including phenoxy) is 2. The predicted molar refractivity (Wildman–Crippen MR) is 230 cm³/mol. The van der Waals surface area contributed by atoms with Gasteiger partial charge >= 0.3 is 19.8 Å². The summed E-state index contributed by atoms with van der Waals surface area (Å²) in [4.78, 5) is 48.1. The number of hydrogen-bond acceptors (Lipinski definition) is 10. The second-order valence-electron chi connectivity index (χ2n) is 17.6. The average molecular weight is 847 g/mol. The highest BCUT2D eigenvalue weighted by atomic mass is 31.2. The summed E-state index contributed by atoms with van der Waals surface area (Å²) in [6, 6.07) is 0. The fourth-order valence-electron chi connectivity index (χ4n) is 7.27. The van der Waals surface area contributed by atoms with Crippen LogP contribution in [-0.2, 0) is 37.5 Å². The summed E-state index contributed by atoms with van der Waals surface area (Å²) in [6.45, 7) is 4.06. The minimum atomic E-state index is -4.43. The Kier molecular flexibility index (Phi) is 31.0. The quantitative estimate of drug-likeness (QED) is 0.0178. The fourth-order valence-corrected chi connectivity index (χ4v) is 8.01. The number of ketones is 1. The van der Waals surface area contributed by atoms with E-state index < -0.39 is 44.7 Å². The molecule has 0 aliphatic heterocycles. The van der Waals surface area contributed by atoms with Gasteiger partial charge < -0.3 is 29.1 Å². The lowest BCUT2D eigenvalue weighted by Gasteiger charge is -2.24. The van der Waals surface area contributed by atoms with Gasteiger partial charge in [-0.15, -0.1) is 0 Å². The van der Waals surface area contributed by atoms with E-state index in [0.717, 1.165) is 57.8 Å². The number of aliphatic hydroxyl groups is 2. The Morgan fingerprint density at radius 2 is 1.28 bits per heavy atom. The number of carbonyl (C=O) groups excluding carboxylic acids is 3. The van der Waals surface area contributed by atoms with Gasteiger partial charge in [0.15, 0.2) is 6.10 Å². The Hall–Kier alpha value is -1.66. The van der Waals surface area contributed by atoms with Crippen molar-refractivity contribution in [3.63, 3.8) is 0 Å². The molecule has 0 radical (unpaired) electrons. The molecule has 0 aromatic rings. The minimum absolute atomic E-state index is 0.00381. The summed E-state index contributed by atoms with van der Waals surface area (Å²) in [5.74, 6) is -1.50. The van der Waals surface area contributed by atoms with E-state index >= 15 is 0 Å². The van der Waals surface area contributed by atoms with Crippen molar-refractivity contribution in [2.45, 2.75) is 199 Å². The molecule has 58 heavy (non-hydrogen) atoms. The zero-order valence-electron chi connectivity index (χ0n) is 37.3. The van der Waals surface area contributed by atoms with Gasteiger partial charge in [-0.2, -0.15) is 0 Å². The molecule has 12 nitrogen and oxygen atoms in total. The molecular weight excluding hydrogens is 761 g/mol. The van der Waals surface area contributed by atoms with Crippen molar-refractivity contribution in [2.75, 3.05) is 47.5 Å². The first-order chi connectivity index (χ1) is 27.7. The third kappa shape index (κ3) is 29.5. The molecule has 6 atom stereocenters. The van der Waals surface area contributed by atoms with E-state index in [2.05, 4.69) is 13.8 Å². The Balaban J connectivity index is 2.45. The third-order valence-electron chi connectivity index (χ3n) is 11.0. The van der Waals surface area contributed by atoms with Gasteiger partial charge in [-0.25, -0.2) is 4.57 Å². The molecule has 1 saturated carbocycles. The molecule has 0 heterocycles. The first kappa shape index (κ1) is 54.4. The Labute approximate surface area is 352 Å². The van der Waals surface area contributed by atoms with Crippen LogP contribution in [0.15, 0.2) is 12.2 Å². The second kappa shape index (κ2) is 33.0. The predicted octanol–water partition coefficient (Wildman–Crippen LogP) is 9.56. The van der Waals surface area contributed by atoms with Crippen LogP contribution in [-0.4, -0.2) is 103 Å². The molecule has 0 bridgehead atoms. The summed E-state index contributed by atoms with van der Waals surface area (Å²) in [6.07, 6.45) is 25.9. The molecule has 1 rings (SSSR count). The molecule has 1 unspecified atom stereocenters. The molecular formula is C45H85NO11P+. The Bertz CT molecular complexity index is 1160. The average Bonchev–Trinajstić information content (AvgIpc) is 3.43. The maximum Gasteiger partial charge on any atom is 0.472 e. The van der Waals surface area contributed by atoms with E-state index in [0.29, 0.717) is 36.7 Å². The number of aliphatic hydroxyl groups excluding tert-OH is 2. The number of allylic oxidation sites excluding steroid dienone is 1. The van der Waals surface area contributed by atoms with Crippen LogP contribution in [0.3, 0.4) is 0 Å². The highest BCUT2D eigenvalue weighted by Gasteiger charge is 2.39. The van der Waals surface area contributed by atoms with Crippen LogP contribution in [0.2, 0.25) is 0 Å². The molecule has 0 spiro atoms. The number of Topliss-reactive ketones (excluding diaryl/α,β-unsaturated/α-hetero) is 1. The van der Waals surface area contributed by atoms with Crippen molar-refractivity contribution >= 4 is 25.5 Å². The van der Waals surface area contributed by atoms with E-state index in [9.17, 15) is 34.1 Å². The maximum absolute atomic E-state index is 12.7. The van der Waals surface area contributed by atoms with Crippen molar-refractivity contribution in [1.29, 1.82) is 0 Å². The molecule has 3 N–H and O–H groups in total. The lowest BCUT2D eigenvalue weighted by atomic mass is 9.88. The molecule has 1 fully saturated rings. The zero-order chi connectivity index (χ0) is 43.1. The first-order valence-electron chi connectivity index (χ1n) is 23.0. The van der Waals surface area contributed by atoms with Crippen LogP contribution >= 0.6 is 7.82 Å². The molecule has 1 aliphatic carbocycles. The summed E-state index contributed by atoms with van der Waals surface area (Å²) in [5, 5.41) is 20.8. The van der Waals surface area contributed by atoms with Crippen LogP contribution in [0.5, 0.6) is 0 Å². The zero-order valence-corrected chi connectivity index (χ0v) is 38.2. The van der Waals surface area contributed by atoms with E-state index in [1.54, 1.807) is 12.2 Å². The lowest BCUT2D eigenvalue weighted by molar-refractivity contribution is -0.870. The van der Waals surface area contributed by atoms with Crippen LogP contribution < -0.4 is 0 Å². The number of rotatable bonds is 38. The van der Waals surface area contributed by atoms with E-state index in [1.807, 2.05) is 21.1 Å². The maximum atomic E-state index is 12.7. The van der Waals surface area contributed by atoms with Gasteiger partial charge in [-0.05, 0) is 31.6 Å². The summed E-state index contributed by atoms with van der Waals surface area (Å²) >= 11 is 0. The highest BCUT2D eigenvalue weighted by Crippen LogP contribution is 2.43. The van der Waals surface area contributed by atoms with Gasteiger partial charge in [0.25, 0.3) is 0 Å². The van der Waals surface area contributed by atoms with Crippen LogP contribution in [0.1, 0.15) is 181 Å². The SMILES string of the molecule is CCCCCCCCCCCCCCCCC(=O)O[C@H](COC(=O)CCCCCC[C@H]1[C@@H](O)CC(=O)[C@@H]1/C=C/[C@@H](O)CCCCC)COP(=O)(O)OCC[N+](C)(C)C. The summed E-state index contributed by atoms with van der Waals surface area (Å²) in [5.41, 5.74) is 0. The van der Waals surface area contributed by atoms with E-state index in [-0.39, 0.29) is 50.1 Å². The molecule has 0 aromatic heterocycles. The topological polar surface area (TPSA) is 166 Å². The number of hydrogen-bond donors (Lipinski definition) is 3. The normalized spacial score (nSPS) is 19.4. The van der Waals surface area contributed by atoms with Crippen molar-refractivity contribution in [3.8, 4) is 0 Å². The molecule has 0 amide bonds. The fraction of sp³-hybridized carbons (Fsp3) is 0.889. The standard InChI is InChI=1S/C45H84NO11P/c1-6-8-10-11-12-13-14-15-16-17-18-19-20-26-30-45(51)57-39(37-56-58(52,53)55-34-33-46(3,4)5)36-54-44(50)29-25-22-21-24-28-40-41(43(49)35-42(40)48)32-31-38(47)27-23-9-7-2/h31-32,38-42,47-48H,6-30,33-37H2,1-5H3/p+1/b32-31+/t38-,39+,40+,41+,42-/m0/s1.